The number of benzene rings is 1. The summed E-state index contributed by atoms with van der Waals surface area (Å²) in [5.74, 6) is 5.35. The fraction of sp³-hybridized carbons (Fsp3) is 0.522. The highest BCUT2D eigenvalue weighted by Gasteiger charge is 2.31. The highest BCUT2D eigenvalue weighted by atomic mass is 16.7. The molecule has 1 fully saturated rings. The van der Waals surface area contributed by atoms with E-state index >= 15 is 0 Å². The number of hydrogen-bond acceptors (Lipinski definition) is 7. The summed E-state index contributed by atoms with van der Waals surface area (Å²) in [6.45, 7) is 5.33. The second kappa shape index (κ2) is 12.8. The van der Waals surface area contributed by atoms with Crippen LogP contribution < -0.4 is 15.1 Å². The quantitative estimate of drug-likeness (QED) is 0.180. The molecular weight excluding hydrogens is 414 g/mol. The number of nitrogens with zero attached hydrogens (tertiary/aromatic N) is 2. The number of likely N-dealkylation sites (N-methyl/N-ethyl adjacent to an activating group) is 1. The maximum absolute atomic E-state index is 12.3. The van der Waals surface area contributed by atoms with E-state index in [1.165, 1.54) is 4.90 Å². The molecule has 1 aliphatic heterocycles. The van der Waals surface area contributed by atoms with Crippen LogP contribution in [0.3, 0.4) is 0 Å². The fourth-order valence-electron chi connectivity index (χ4n) is 3.32. The first kappa shape index (κ1) is 25.3. The van der Waals surface area contributed by atoms with E-state index in [1.807, 2.05) is 26.0 Å². The van der Waals surface area contributed by atoms with E-state index in [4.69, 9.17) is 14.2 Å². The Labute approximate surface area is 189 Å². The monoisotopic (exact) mass is 445 g/mol. The highest BCUT2D eigenvalue weighted by molar-refractivity contribution is 6.02. The molecule has 9 heteroatoms. The minimum absolute atomic E-state index is 0.202. The third kappa shape index (κ3) is 7.05. The molecule has 1 saturated heterocycles. The lowest BCUT2D eigenvalue weighted by Gasteiger charge is -2.33. The molecule has 1 heterocycles. The summed E-state index contributed by atoms with van der Waals surface area (Å²) in [7, 11) is 3.40. The average Bonchev–Trinajstić information content (AvgIpc) is 2.78. The van der Waals surface area contributed by atoms with Gasteiger partial charge >= 0.3 is 0 Å². The van der Waals surface area contributed by atoms with E-state index in [2.05, 4.69) is 17.2 Å². The lowest BCUT2D eigenvalue weighted by Crippen LogP contribution is -2.51. The van der Waals surface area contributed by atoms with Crippen LogP contribution in [-0.4, -0.2) is 71.1 Å². The van der Waals surface area contributed by atoms with E-state index in [9.17, 15) is 14.4 Å². The van der Waals surface area contributed by atoms with Gasteiger partial charge in [0.1, 0.15) is 12.6 Å². The van der Waals surface area contributed by atoms with E-state index < -0.39 is 12.3 Å². The zero-order valence-electron chi connectivity index (χ0n) is 19.1. The summed E-state index contributed by atoms with van der Waals surface area (Å²) < 4.78 is 16.3. The molecule has 1 unspecified atom stereocenters. The number of imide groups is 1. The number of ether oxygens (including phenoxy) is 3. The Morgan fingerprint density at radius 3 is 2.53 bits per heavy atom. The van der Waals surface area contributed by atoms with E-state index in [1.54, 1.807) is 25.1 Å². The van der Waals surface area contributed by atoms with Gasteiger partial charge in [-0.2, -0.15) is 0 Å². The summed E-state index contributed by atoms with van der Waals surface area (Å²) in [5, 5.41) is 2.36. The van der Waals surface area contributed by atoms with Gasteiger partial charge in [-0.25, -0.2) is 0 Å². The average molecular weight is 446 g/mol. The van der Waals surface area contributed by atoms with E-state index in [-0.39, 0.29) is 31.4 Å². The van der Waals surface area contributed by atoms with Gasteiger partial charge in [0, 0.05) is 39.3 Å². The van der Waals surface area contributed by atoms with Crippen molar-refractivity contribution in [2.24, 2.45) is 0 Å². The predicted molar refractivity (Wildman–Crippen MR) is 120 cm³/mol. The van der Waals surface area contributed by atoms with Crippen molar-refractivity contribution in [3.05, 3.63) is 23.8 Å². The Morgan fingerprint density at radius 1 is 1.19 bits per heavy atom. The van der Waals surface area contributed by atoms with Crippen LogP contribution in [0, 0.1) is 11.8 Å². The minimum atomic E-state index is -0.500. The Kier molecular flexibility index (Phi) is 10.1. The molecule has 174 valence electrons. The van der Waals surface area contributed by atoms with Gasteiger partial charge in [-0.1, -0.05) is 11.8 Å². The molecule has 1 aromatic carbocycles. The van der Waals surface area contributed by atoms with Gasteiger partial charge in [-0.05, 0) is 38.5 Å². The molecule has 3 amide bonds. The second-order valence-electron chi connectivity index (χ2n) is 7.15. The molecule has 1 aromatic rings. The molecule has 0 aromatic heterocycles. The smallest absolute Gasteiger partial charge is 0.249 e. The lowest BCUT2D eigenvalue weighted by atomic mass is 10.0. The van der Waals surface area contributed by atoms with Gasteiger partial charge in [-0.15, -0.1) is 0 Å². The van der Waals surface area contributed by atoms with Crippen molar-refractivity contribution in [1.29, 1.82) is 0 Å². The third-order valence-electron chi connectivity index (χ3n) is 4.94. The van der Waals surface area contributed by atoms with Crippen LogP contribution in [0.5, 0.6) is 0 Å². The summed E-state index contributed by atoms with van der Waals surface area (Å²) >= 11 is 0. The van der Waals surface area contributed by atoms with Gasteiger partial charge in [0.25, 0.3) is 0 Å². The van der Waals surface area contributed by atoms with Crippen LogP contribution in [0.1, 0.15) is 32.3 Å². The molecule has 1 N–H and O–H groups in total. The van der Waals surface area contributed by atoms with Crippen molar-refractivity contribution in [3.8, 4) is 11.8 Å². The number of carbonyl (C=O) groups is 3. The number of rotatable bonds is 11. The van der Waals surface area contributed by atoms with Gasteiger partial charge in [-0.3, -0.25) is 19.7 Å². The fourth-order valence-corrected chi connectivity index (χ4v) is 3.32. The number of amides is 3. The number of hydrogen-bond donors (Lipinski definition) is 1. The molecule has 0 bridgehead atoms. The summed E-state index contributed by atoms with van der Waals surface area (Å²) in [4.78, 5) is 38.4. The standard InChI is InChI=1S/C23H31N3O6/c1-5-31-22(32-6-2)15-30-13-7-8-17-9-10-18(20(14-17)25(3)16-27)26(4)19-11-12-21(28)24-23(19)29/h9-10,14,16,19,22H,5-6,11-13,15H2,1-4H3,(H,24,28,29). The van der Waals surface area contributed by atoms with Gasteiger partial charge in [0.05, 0.1) is 18.0 Å². The van der Waals surface area contributed by atoms with Crippen molar-refractivity contribution >= 4 is 29.6 Å². The van der Waals surface area contributed by atoms with Crippen molar-refractivity contribution in [2.75, 3.05) is 50.3 Å². The summed E-state index contributed by atoms with van der Waals surface area (Å²) in [5.41, 5.74) is 1.99. The van der Waals surface area contributed by atoms with Crippen molar-refractivity contribution < 1.29 is 28.6 Å². The van der Waals surface area contributed by atoms with E-state index in [0.717, 1.165) is 0 Å². The van der Waals surface area contributed by atoms with Gasteiger partial charge < -0.3 is 24.0 Å². The topological polar surface area (TPSA) is 97.4 Å². The summed E-state index contributed by atoms with van der Waals surface area (Å²) in [6, 6.07) is 4.91. The van der Waals surface area contributed by atoms with Crippen LogP contribution in [-0.2, 0) is 28.6 Å². The molecule has 32 heavy (non-hydrogen) atoms. The molecule has 9 nitrogen and oxygen atoms in total. The van der Waals surface area contributed by atoms with Crippen LogP contribution >= 0.6 is 0 Å². The first-order valence-corrected chi connectivity index (χ1v) is 10.6. The molecular formula is C23H31N3O6. The number of anilines is 2. The largest absolute Gasteiger partial charge is 0.363 e. The normalized spacial score (nSPS) is 15.7. The minimum Gasteiger partial charge on any atom is -0.363 e. The van der Waals surface area contributed by atoms with Crippen molar-refractivity contribution in [3.63, 3.8) is 0 Å². The number of carbonyl (C=O) groups excluding carboxylic acids is 3. The number of piperidine rings is 1. The first-order valence-electron chi connectivity index (χ1n) is 10.6. The van der Waals surface area contributed by atoms with Crippen LogP contribution in [0.4, 0.5) is 11.4 Å². The maximum atomic E-state index is 12.3. The Bertz CT molecular complexity index is 857. The maximum Gasteiger partial charge on any atom is 0.249 e. The SMILES string of the molecule is CCOC(COCC#Cc1ccc(N(C)C2CCC(=O)NC2=O)c(N(C)C=O)c1)OCC. The van der Waals surface area contributed by atoms with Crippen LogP contribution in [0.2, 0.25) is 0 Å². The Balaban J connectivity index is 2.10. The Hall–Kier alpha value is -2.93. The first-order chi connectivity index (χ1) is 15.4. The molecule has 1 atom stereocenters. The van der Waals surface area contributed by atoms with Crippen LogP contribution in [0.25, 0.3) is 0 Å². The zero-order chi connectivity index (χ0) is 23.5. The molecule has 1 aliphatic rings. The molecule has 0 radical (unpaired) electrons. The molecule has 2 rings (SSSR count). The zero-order valence-corrected chi connectivity index (χ0v) is 19.1. The van der Waals surface area contributed by atoms with Gasteiger partial charge in [0.2, 0.25) is 18.2 Å². The van der Waals surface area contributed by atoms with Crippen molar-refractivity contribution in [1.82, 2.24) is 5.32 Å². The molecule has 0 saturated carbocycles. The van der Waals surface area contributed by atoms with E-state index in [0.29, 0.717) is 43.0 Å². The summed E-state index contributed by atoms with van der Waals surface area (Å²) in [6.07, 6.45) is 0.964. The van der Waals surface area contributed by atoms with Crippen molar-refractivity contribution in [2.45, 2.75) is 39.0 Å². The van der Waals surface area contributed by atoms with Crippen LogP contribution in [0.15, 0.2) is 18.2 Å². The Morgan fingerprint density at radius 2 is 1.91 bits per heavy atom. The number of nitrogens with one attached hydrogen (secondary N) is 1. The predicted octanol–water partition coefficient (Wildman–Crippen LogP) is 1.29. The second-order valence-corrected chi connectivity index (χ2v) is 7.15. The lowest BCUT2D eigenvalue weighted by molar-refractivity contribution is -0.164. The highest BCUT2D eigenvalue weighted by Crippen LogP contribution is 2.31. The molecule has 0 aliphatic carbocycles. The third-order valence-corrected chi connectivity index (χ3v) is 4.94. The van der Waals surface area contributed by atoms with Gasteiger partial charge in [0.15, 0.2) is 6.29 Å². The molecule has 0 spiro atoms.